The van der Waals surface area contributed by atoms with Gasteiger partial charge in [0.2, 0.25) is 0 Å². The lowest BCUT2D eigenvalue weighted by Crippen LogP contribution is -2.27. The summed E-state index contributed by atoms with van der Waals surface area (Å²) in [5, 5.41) is 3.90. The number of ketones is 1. The second-order valence-electron chi connectivity index (χ2n) is 10.2. The molecule has 3 aromatic rings. The van der Waals surface area contributed by atoms with Gasteiger partial charge in [-0.3, -0.25) is 14.6 Å². The predicted molar refractivity (Wildman–Crippen MR) is 150 cm³/mol. The normalized spacial score (nSPS) is 17.9. The van der Waals surface area contributed by atoms with Crippen LogP contribution in [-0.4, -0.2) is 49.3 Å². The number of ether oxygens (including phenoxy) is 1. The molecule has 1 amide bonds. The molecule has 1 aromatic heterocycles. The number of carbonyl (C=O) groups excluding carboxylic acids is 2. The van der Waals surface area contributed by atoms with Gasteiger partial charge in [0, 0.05) is 79.4 Å². The molecular weight excluding hydrogens is 464 g/mol. The number of aliphatic imine (C=N–C) groups is 1. The molecule has 2 unspecified atom stereocenters. The average Bonchev–Trinajstić information content (AvgIpc) is 3.23. The molecule has 1 aliphatic carbocycles. The van der Waals surface area contributed by atoms with Crippen molar-refractivity contribution < 1.29 is 14.3 Å². The molecule has 1 saturated carbocycles. The Labute approximate surface area is 219 Å². The fourth-order valence-electron chi connectivity index (χ4n) is 5.51. The van der Waals surface area contributed by atoms with Crippen LogP contribution in [0.4, 0.5) is 5.69 Å². The summed E-state index contributed by atoms with van der Waals surface area (Å²) in [5.74, 6) is 0.911. The zero-order chi connectivity index (χ0) is 26.4. The number of nitrogens with zero attached hydrogens (tertiary/aromatic N) is 2. The zero-order valence-electron chi connectivity index (χ0n) is 22.1. The molecule has 1 aliphatic rings. The second-order valence-corrected chi connectivity index (χ2v) is 10.2. The van der Waals surface area contributed by atoms with Crippen molar-refractivity contribution in [2.24, 2.45) is 23.9 Å². The SMILES string of the molecule is COCCNC(=O)c1ccc(N)c(C=NCC2CCCC(CC(=O)c3cn(C)c4ccccc34)C2)c1C. The van der Waals surface area contributed by atoms with Crippen LogP contribution in [0.3, 0.4) is 0 Å². The minimum Gasteiger partial charge on any atom is -0.398 e. The van der Waals surface area contributed by atoms with Crippen LogP contribution in [0.5, 0.6) is 0 Å². The molecule has 0 radical (unpaired) electrons. The fourth-order valence-corrected chi connectivity index (χ4v) is 5.51. The van der Waals surface area contributed by atoms with Crippen LogP contribution in [0.1, 0.15) is 63.9 Å². The number of nitrogen functional groups attached to an aromatic ring is 1. The molecule has 0 spiro atoms. The van der Waals surface area contributed by atoms with Crippen LogP contribution in [0.15, 0.2) is 47.6 Å². The van der Waals surface area contributed by atoms with Gasteiger partial charge in [0.1, 0.15) is 0 Å². The van der Waals surface area contributed by atoms with E-state index in [2.05, 4.69) is 11.4 Å². The number of fused-ring (bicyclic) bond motifs is 1. The number of para-hydroxylation sites is 1. The highest BCUT2D eigenvalue weighted by molar-refractivity contribution is 6.08. The topological polar surface area (TPSA) is 98.7 Å². The van der Waals surface area contributed by atoms with Crippen LogP contribution in [0, 0.1) is 18.8 Å². The van der Waals surface area contributed by atoms with Gasteiger partial charge in [-0.05, 0) is 61.8 Å². The molecule has 0 aliphatic heterocycles. The van der Waals surface area contributed by atoms with Crippen LogP contribution in [0.2, 0.25) is 0 Å². The first-order valence-corrected chi connectivity index (χ1v) is 13.1. The van der Waals surface area contributed by atoms with Crippen molar-refractivity contribution in [3.05, 3.63) is 64.8 Å². The molecule has 196 valence electrons. The summed E-state index contributed by atoms with van der Waals surface area (Å²) in [6, 6.07) is 11.6. The number of aromatic nitrogens is 1. The number of rotatable bonds is 10. The van der Waals surface area contributed by atoms with Crippen molar-refractivity contribution >= 4 is 34.5 Å². The first-order chi connectivity index (χ1) is 17.9. The van der Waals surface area contributed by atoms with Crippen LogP contribution in [0.25, 0.3) is 10.9 Å². The third-order valence-corrected chi connectivity index (χ3v) is 7.53. The Morgan fingerprint density at radius 3 is 2.76 bits per heavy atom. The summed E-state index contributed by atoms with van der Waals surface area (Å²) < 4.78 is 7.04. The van der Waals surface area contributed by atoms with E-state index in [1.165, 1.54) is 0 Å². The Balaban J connectivity index is 1.37. The van der Waals surface area contributed by atoms with Crippen LogP contribution in [-0.2, 0) is 11.8 Å². The third kappa shape index (κ3) is 6.28. The van der Waals surface area contributed by atoms with Crippen molar-refractivity contribution in [2.75, 3.05) is 32.5 Å². The molecule has 37 heavy (non-hydrogen) atoms. The van der Waals surface area contributed by atoms with E-state index in [4.69, 9.17) is 15.5 Å². The highest BCUT2D eigenvalue weighted by Gasteiger charge is 2.25. The first kappa shape index (κ1) is 26.6. The monoisotopic (exact) mass is 502 g/mol. The van der Waals surface area contributed by atoms with Crippen molar-refractivity contribution in [2.45, 2.75) is 39.0 Å². The quantitative estimate of drug-likeness (QED) is 0.177. The Kier molecular flexibility index (Phi) is 8.77. The minimum absolute atomic E-state index is 0.143. The minimum atomic E-state index is -0.143. The van der Waals surface area contributed by atoms with Gasteiger partial charge in [-0.1, -0.05) is 24.6 Å². The molecule has 1 fully saturated rings. The fraction of sp³-hybridized carbons (Fsp3) is 0.433. The van der Waals surface area contributed by atoms with Gasteiger partial charge in [0.25, 0.3) is 5.91 Å². The average molecular weight is 503 g/mol. The molecule has 4 rings (SSSR count). The molecule has 2 aromatic carbocycles. The maximum absolute atomic E-state index is 13.2. The number of benzene rings is 2. The van der Waals surface area contributed by atoms with E-state index in [0.717, 1.165) is 53.3 Å². The van der Waals surface area contributed by atoms with Gasteiger partial charge < -0.3 is 20.4 Å². The van der Waals surface area contributed by atoms with Gasteiger partial charge in [0.05, 0.1) is 6.61 Å². The van der Waals surface area contributed by atoms with Crippen molar-refractivity contribution in [1.29, 1.82) is 0 Å². The Morgan fingerprint density at radius 2 is 1.95 bits per heavy atom. The Morgan fingerprint density at radius 1 is 1.16 bits per heavy atom. The van der Waals surface area contributed by atoms with Crippen LogP contribution < -0.4 is 11.1 Å². The third-order valence-electron chi connectivity index (χ3n) is 7.53. The number of hydrogen-bond donors (Lipinski definition) is 2. The number of hydrogen-bond acceptors (Lipinski definition) is 5. The molecular formula is C30H38N4O3. The summed E-state index contributed by atoms with van der Waals surface area (Å²) in [6.45, 7) is 3.51. The lowest BCUT2D eigenvalue weighted by atomic mass is 9.78. The molecule has 1 heterocycles. The molecule has 7 nitrogen and oxygen atoms in total. The molecule has 3 N–H and O–H groups in total. The number of methoxy groups -OCH3 is 1. The summed E-state index contributed by atoms with van der Waals surface area (Å²) >= 11 is 0. The molecule has 0 bridgehead atoms. The summed E-state index contributed by atoms with van der Waals surface area (Å²) in [5.41, 5.74) is 11.0. The number of aryl methyl sites for hydroxylation is 1. The van der Waals surface area contributed by atoms with Crippen molar-refractivity contribution in [1.82, 2.24) is 9.88 Å². The largest absolute Gasteiger partial charge is 0.398 e. The lowest BCUT2D eigenvalue weighted by molar-refractivity contribution is 0.0931. The lowest BCUT2D eigenvalue weighted by Gasteiger charge is -2.27. The Hall–Kier alpha value is -3.45. The van der Waals surface area contributed by atoms with E-state index in [-0.39, 0.29) is 11.7 Å². The van der Waals surface area contributed by atoms with Crippen molar-refractivity contribution in [3.8, 4) is 0 Å². The summed E-state index contributed by atoms with van der Waals surface area (Å²) in [6.07, 6.45) is 8.68. The van der Waals surface area contributed by atoms with Crippen LogP contribution >= 0.6 is 0 Å². The van der Waals surface area contributed by atoms with E-state index in [1.54, 1.807) is 19.2 Å². The number of carbonyl (C=O) groups is 2. The second kappa shape index (κ2) is 12.2. The molecule has 0 saturated heterocycles. The Bertz CT molecular complexity index is 1290. The van der Waals surface area contributed by atoms with E-state index in [1.807, 2.05) is 49.1 Å². The number of Topliss-reactive ketones (excluding diaryl/α,β-unsaturated/α-hetero) is 1. The van der Waals surface area contributed by atoms with E-state index >= 15 is 0 Å². The highest BCUT2D eigenvalue weighted by Crippen LogP contribution is 2.33. The predicted octanol–water partition coefficient (Wildman–Crippen LogP) is 4.94. The van der Waals surface area contributed by atoms with E-state index in [9.17, 15) is 9.59 Å². The standard InChI is InChI=1S/C30H38N4O3/c1-20-23(30(36)33-13-14-37-3)11-12-27(31)25(20)18-32-17-22-8-6-7-21(15-22)16-29(35)26-19-34(2)28-10-5-4-9-24(26)28/h4-5,9-12,18-19,21-22H,6-8,13-17,31H2,1-3H3,(H,33,36). The summed E-state index contributed by atoms with van der Waals surface area (Å²) in [7, 11) is 3.60. The van der Waals surface area contributed by atoms with Gasteiger partial charge >= 0.3 is 0 Å². The molecule has 2 atom stereocenters. The first-order valence-electron chi connectivity index (χ1n) is 13.1. The van der Waals surface area contributed by atoms with Crippen molar-refractivity contribution in [3.63, 3.8) is 0 Å². The van der Waals surface area contributed by atoms with Gasteiger partial charge in [-0.25, -0.2) is 0 Å². The van der Waals surface area contributed by atoms with Gasteiger partial charge in [0.15, 0.2) is 5.78 Å². The zero-order valence-corrected chi connectivity index (χ0v) is 22.1. The number of anilines is 1. The summed E-state index contributed by atoms with van der Waals surface area (Å²) in [4.78, 5) is 30.5. The van der Waals surface area contributed by atoms with E-state index in [0.29, 0.717) is 49.2 Å². The number of amides is 1. The van der Waals surface area contributed by atoms with Gasteiger partial charge in [-0.2, -0.15) is 0 Å². The molecule has 7 heteroatoms. The number of nitrogens with two attached hydrogens (primary N) is 1. The highest BCUT2D eigenvalue weighted by atomic mass is 16.5. The maximum atomic E-state index is 13.2. The number of nitrogens with one attached hydrogen (secondary N) is 1. The van der Waals surface area contributed by atoms with E-state index < -0.39 is 0 Å². The van der Waals surface area contributed by atoms with Gasteiger partial charge in [-0.15, -0.1) is 0 Å². The smallest absolute Gasteiger partial charge is 0.251 e. The maximum Gasteiger partial charge on any atom is 0.251 e.